The quantitative estimate of drug-likeness (QED) is 0.698. The van der Waals surface area contributed by atoms with Gasteiger partial charge in [-0.2, -0.15) is 0 Å². The number of hydrogen-bond acceptors (Lipinski definition) is 4. The van der Waals surface area contributed by atoms with Crippen LogP contribution in [0.4, 0.5) is 0 Å². The standard InChI is InChI=1S/C21H26N4O2/c1-15(25-13-5-2-6-14-25)18-9-10-19(27-18)21(26)22-12-11-20-23-16-7-3-4-8-17(16)24-20/h3-4,7-10,15H,2,5-6,11-14H2,1H3,(H,22,26)(H,23,24). The molecule has 3 aromatic rings. The third-order valence-corrected chi connectivity index (χ3v) is 5.29. The SMILES string of the molecule is CC(c1ccc(C(=O)NCCc2nc3ccccc3[nH]2)o1)N1CCCCC1. The first-order valence-electron chi connectivity index (χ1n) is 9.76. The van der Waals surface area contributed by atoms with Crippen molar-refractivity contribution in [1.82, 2.24) is 20.2 Å². The summed E-state index contributed by atoms with van der Waals surface area (Å²) in [6.07, 6.45) is 4.43. The molecule has 0 bridgehead atoms. The van der Waals surface area contributed by atoms with Gasteiger partial charge in [0.05, 0.1) is 17.1 Å². The molecule has 1 atom stereocenters. The van der Waals surface area contributed by atoms with Gasteiger partial charge >= 0.3 is 0 Å². The normalized spacial score (nSPS) is 16.5. The lowest BCUT2D eigenvalue weighted by Crippen LogP contribution is -2.32. The highest BCUT2D eigenvalue weighted by molar-refractivity contribution is 5.91. The number of nitrogens with one attached hydrogen (secondary N) is 2. The highest BCUT2D eigenvalue weighted by atomic mass is 16.4. The minimum absolute atomic E-state index is 0.178. The van der Waals surface area contributed by atoms with Gasteiger partial charge in [-0.05, 0) is 57.1 Å². The number of aromatic amines is 1. The average Bonchev–Trinajstić information content (AvgIpc) is 3.35. The van der Waals surface area contributed by atoms with Crippen LogP contribution in [0.15, 0.2) is 40.8 Å². The molecule has 27 heavy (non-hydrogen) atoms. The smallest absolute Gasteiger partial charge is 0.287 e. The molecular formula is C21H26N4O2. The van der Waals surface area contributed by atoms with Gasteiger partial charge in [0.25, 0.3) is 5.91 Å². The highest BCUT2D eigenvalue weighted by Gasteiger charge is 2.22. The zero-order chi connectivity index (χ0) is 18.6. The topological polar surface area (TPSA) is 74.2 Å². The maximum atomic E-state index is 12.4. The van der Waals surface area contributed by atoms with E-state index in [4.69, 9.17) is 4.42 Å². The first kappa shape index (κ1) is 17.8. The van der Waals surface area contributed by atoms with Crippen molar-refractivity contribution in [2.24, 2.45) is 0 Å². The Bertz CT molecular complexity index is 875. The van der Waals surface area contributed by atoms with Crippen molar-refractivity contribution in [3.05, 3.63) is 53.7 Å². The molecule has 2 N–H and O–H groups in total. The Morgan fingerprint density at radius 3 is 2.85 bits per heavy atom. The van der Waals surface area contributed by atoms with Gasteiger partial charge < -0.3 is 14.7 Å². The van der Waals surface area contributed by atoms with E-state index in [0.717, 1.165) is 35.7 Å². The fourth-order valence-corrected chi connectivity index (χ4v) is 3.69. The van der Waals surface area contributed by atoms with E-state index in [1.807, 2.05) is 30.3 Å². The van der Waals surface area contributed by atoms with E-state index in [1.165, 1.54) is 19.3 Å². The Morgan fingerprint density at radius 1 is 1.22 bits per heavy atom. The van der Waals surface area contributed by atoms with Crippen LogP contribution in [0.25, 0.3) is 11.0 Å². The number of furan rings is 1. The number of imidazole rings is 1. The van der Waals surface area contributed by atoms with Gasteiger partial charge in [0.1, 0.15) is 11.6 Å². The number of fused-ring (bicyclic) bond motifs is 1. The molecule has 1 aliphatic rings. The molecule has 142 valence electrons. The van der Waals surface area contributed by atoms with E-state index in [9.17, 15) is 4.79 Å². The molecule has 1 fully saturated rings. The van der Waals surface area contributed by atoms with Crippen LogP contribution < -0.4 is 5.32 Å². The van der Waals surface area contributed by atoms with Gasteiger partial charge in [0, 0.05) is 13.0 Å². The summed E-state index contributed by atoms with van der Waals surface area (Å²) < 4.78 is 5.83. The van der Waals surface area contributed by atoms with Gasteiger partial charge in [0.15, 0.2) is 5.76 Å². The van der Waals surface area contributed by atoms with Gasteiger partial charge in [0.2, 0.25) is 0 Å². The summed E-state index contributed by atoms with van der Waals surface area (Å²) in [4.78, 5) is 22.6. The van der Waals surface area contributed by atoms with Crippen molar-refractivity contribution in [3.8, 4) is 0 Å². The maximum absolute atomic E-state index is 12.4. The molecule has 0 saturated carbocycles. The number of carbonyl (C=O) groups excluding carboxylic acids is 1. The van der Waals surface area contributed by atoms with Crippen LogP contribution in [0.5, 0.6) is 0 Å². The minimum atomic E-state index is -0.178. The lowest BCUT2D eigenvalue weighted by molar-refractivity contribution is 0.0917. The summed E-state index contributed by atoms with van der Waals surface area (Å²) in [5, 5.41) is 2.92. The number of likely N-dealkylation sites (tertiary alicyclic amines) is 1. The van der Waals surface area contributed by atoms with Crippen LogP contribution in [-0.2, 0) is 6.42 Å². The van der Waals surface area contributed by atoms with Crippen molar-refractivity contribution < 1.29 is 9.21 Å². The summed E-state index contributed by atoms with van der Waals surface area (Å²) in [5.74, 6) is 1.93. The minimum Gasteiger partial charge on any atom is -0.454 e. The van der Waals surface area contributed by atoms with Crippen LogP contribution in [-0.4, -0.2) is 40.4 Å². The van der Waals surface area contributed by atoms with Gasteiger partial charge in [-0.25, -0.2) is 4.98 Å². The number of amides is 1. The number of aromatic nitrogens is 2. The zero-order valence-corrected chi connectivity index (χ0v) is 15.7. The van der Waals surface area contributed by atoms with E-state index in [-0.39, 0.29) is 11.9 Å². The van der Waals surface area contributed by atoms with Crippen LogP contribution in [0, 0.1) is 0 Å². The second-order valence-corrected chi connectivity index (χ2v) is 7.18. The molecule has 1 saturated heterocycles. The summed E-state index contributed by atoms with van der Waals surface area (Å²) in [6, 6.07) is 11.8. The molecule has 6 heteroatoms. The second-order valence-electron chi connectivity index (χ2n) is 7.18. The number of nitrogens with zero attached hydrogens (tertiary/aromatic N) is 2. The predicted octanol–water partition coefficient (Wildman–Crippen LogP) is 3.68. The van der Waals surface area contributed by atoms with E-state index < -0.39 is 0 Å². The van der Waals surface area contributed by atoms with E-state index in [1.54, 1.807) is 6.07 Å². The molecular weight excluding hydrogens is 340 g/mol. The molecule has 4 rings (SSSR count). The van der Waals surface area contributed by atoms with Crippen molar-refractivity contribution in [3.63, 3.8) is 0 Å². The Kier molecular flexibility index (Phi) is 5.25. The first-order chi connectivity index (χ1) is 13.2. The van der Waals surface area contributed by atoms with Gasteiger partial charge in [-0.3, -0.25) is 9.69 Å². The van der Waals surface area contributed by atoms with Crippen molar-refractivity contribution in [1.29, 1.82) is 0 Å². The fraction of sp³-hybridized carbons (Fsp3) is 0.429. The Labute approximate surface area is 159 Å². The molecule has 0 aliphatic carbocycles. The average molecular weight is 366 g/mol. The Hall–Kier alpha value is -2.60. The maximum Gasteiger partial charge on any atom is 0.287 e. The van der Waals surface area contributed by atoms with Crippen LogP contribution in [0.2, 0.25) is 0 Å². The fourth-order valence-electron chi connectivity index (χ4n) is 3.69. The lowest BCUT2D eigenvalue weighted by atomic mass is 10.1. The lowest BCUT2D eigenvalue weighted by Gasteiger charge is -2.31. The molecule has 0 spiro atoms. The molecule has 3 heterocycles. The van der Waals surface area contributed by atoms with E-state index >= 15 is 0 Å². The molecule has 2 aromatic heterocycles. The van der Waals surface area contributed by atoms with Crippen molar-refractivity contribution >= 4 is 16.9 Å². The highest BCUT2D eigenvalue weighted by Crippen LogP contribution is 2.25. The molecule has 6 nitrogen and oxygen atoms in total. The number of para-hydroxylation sites is 2. The first-order valence-corrected chi connectivity index (χ1v) is 9.76. The van der Waals surface area contributed by atoms with Crippen LogP contribution in [0.1, 0.15) is 54.4 Å². The van der Waals surface area contributed by atoms with E-state index in [0.29, 0.717) is 18.7 Å². The summed E-state index contributed by atoms with van der Waals surface area (Å²) in [7, 11) is 0. The summed E-state index contributed by atoms with van der Waals surface area (Å²) >= 11 is 0. The van der Waals surface area contributed by atoms with Crippen molar-refractivity contribution in [2.45, 2.75) is 38.6 Å². The third-order valence-electron chi connectivity index (χ3n) is 5.29. The van der Waals surface area contributed by atoms with Gasteiger partial charge in [-0.1, -0.05) is 18.6 Å². The van der Waals surface area contributed by atoms with Crippen LogP contribution in [0.3, 0.4) is 0 Å². The number of hydrogen-bond donors (Lipinski definition) is 2. The molecule has 1 aromatic carbocycles. The van der Waals surface area contributed by atoms with E-state index in [2.05, 4.69) is 27.1 Å². The predicted molar refractivity (Wildman–Crippen MR) is 105 cm³/mol. The Morgan fingerprint density at radius 2 is 2.04 bits per heavy atom. The molecule has 1 amide bonds. The van der Waals surface area contributed by atoms with Gasteiger partial charge in [-0.15, -0.1) is 0 Å². The number of benzene rings is 1. The zero-order valence-electron chi connectivity index (χ0n) is 15.7. The number of piperidine rings is 1. The second kappa shape index (κ2) is 7.96. The molecule has 1 unspecified atom stereocenters. The number of H-pyrrole nitrogens is 1. The summed E-state index contributed by atoms with van der Waals surface area (Å²) in [6.45, 7) is 4.85. The van der Waals surface area contributed by atoms with Crippen LogP contribution >= 0.6 is 0 Å². The number of rotatable bonds is 6. The largest absolute Gasteiger partial charge is 0.454 e. The van der Waals surface area contributed by atoms with Crippen molar-refractivity contribution in [2.75, 3.05) is 19.6 Å². The monoisotopic (exact) mass is 366 g/mol. The molecule has 0 radical (unpaired) electrons. The number of carbonyl (C=O) groups is 1. The Balaban J connectivity index is 1.31. The third kappa shape index (κ3) is 4.06. The molecule has 1 aliphatic heterocycles. The summed E-state index contributed by atoms with van der Waals surface area (Å²) in [5.41, 5.74) is 1.96.